The second-order valence-corrected chi connectivity index (χ2v) is 8.28. The van der Waals surface area contributed by atoms with Crippen LogP contribution in [0.4, 0.5) is 17.6 Å². The number of rotatable bonds is 3. The van der Waals surface area contributed by atoms with Crippen LogP contribution in [0, 0.1) is 0 Å². The Morgan fingerprint density at radius 3 is 2.78 bits per heavy atom. The van der Waals surface area contributed by atoms with Gasteiger partial charge in [0.25, 0.3) is 5.91 Å². The van der Waals surface area contributed by atoms with Crippen LogP contribution in [0.1, 0.15) is 39.9 Å². The maximum atomic E-state index is 15.0. The zero-order chi connectivity index (χ0) is 22.5. The van der Waals surface area contributed by atoms with Crippen LogP contribution in [0.2, 0.25) is 0 Å². The van der Waals surface area contributed by atoms with Gasteiger partial charge in [-0.15, -0.1) is 0 Å². The highest BCUT2D eigenvalue weighted by atomic mass is 19.4. The second-order valence-electron chi connectivity index (χ2n) is 8.28. The number of amides is 1. The monoisotopic (exact) mass is 454 g/mol. The number of hydrogen-bond donors (Lipinski definition) is 1. The van der Waals surface area contributed by atoms with E-state index in [9.17, 15) is 18.0 Å². The largest absolute Gasteiger partial charge is 0.491 e. The van der Waals surface area contributed by atoms with E-state index in [4.69, 9.17) is 9.47 Å². The molecule has 1 aromatic heterocycles. The number of nitrogens with zero attached hydrogens (tertiary/aromatic N) is 3. The first kappa shape index (κ1) is 21.2. The standard InChI is InChI=1S/C21H22F4N4O3/c22-19-15-7-12(21(23,24)25)1-2-18(15)32-11-17(19)26-20(30)16-8-14-9-28(4-5-29(14)27-16)13-3-6-31-10-13/h1-2,7-8,13,17,19H,3-6,9-11H2,(H,26,30). The summed E-state index contributed by atoms with van der Waals surface area (Å²) in [5.74, 6) is -0.543. The van der Waals surface area contributed by atoms with E-state index in [-0.39, 0.29) is 23.6 Å². The van der Waals surface area contributed by atoms with Gasteiger partial charge in [-0.3, -0.25) is 14.4 Å². The van der Waals surface area contributed by atoms with Gasteiger partial charge in [-0.05, 0) is 30.7 Å². The Labute approximate surface area is 181 Å². The number of benzene rings is 1. The molecule has 0 bridgehead atoms. The number of hydrogen-bond acceptors (Lipinski definition) is 5. The van der Waals surface area contributed by atoms with Crippen LogP contribution in [0.3, 0.4) is 0 Å². The molecule has 5 rings (SSSR count). The van der Waals surface area contributed by atoms with Crippen molar-refractivity contribution in [1.29, 1.82) is 0 Å². The van der Waals surface area contributed by atoms with Gasteiger partial charge < -0.3 is 14.8 Å². The summed E-state index contributed by atoms with van der Waals surface area (Å²) < 4.78 is 66.6. The molecule has 32 heavy (non-hydrogen) atoms. The van der Waals surface area contributed by atoms with Crippen molar-refractivity contribution in [2.45, 2.75) is 43.9 Å². The van der Waals surface area contributed by atoms with E-state index in [0.717, 1.165) is 43.5 Å². The average Bonchev–Trinajstić information content (AvgIpc) is 3.44. The predicted octanol–water partition coefficient (Wildman–Crippen LogP) is 2.71. The first-order valence-electron chi connectivity index (χ1n) is 10.5. The van der Waals surface area contributed by atoms with Crippen molar-refractivity contribution in [2.24, 2.45) is 0 Å². The first-order chi connectivity index (χ1) is 15.3. The van der Waals surface area contributed by atoms with Gasteiger partial charge in [0.1, 0.15) is 12.4 Å². The number of carbonyl (C=O) groups is 1. The van der Waals surface area contributed by atoms with Crippen LogP contribution in [-0.2, 0) is 24.0 Å². The molecule has 1 N–H and O–H groups in total. The van der Waals surface area contributed by atoms with Gasteiger partial charge in [-0.2, -0.15) is 18.3 Å². The van der Waals surface area contributed by atoms with E-state index in [1.807, 2.05) is 0 Å². The number of alkyl halides is 4. The lowest BCUT2D eigenvalue weighted by molar-refractivity contribution is -0.137. The molecule has 3 atom stereocenters. The molecule has 3 unspecified atom stereocenters. The van der Waals surface area contributed by atoms with Crippen molar-refractivity contribution in [3.05, 3.63) is 46.8 Å². The highest BCUT2D eigenvalue weighted by Crippen LogP contribution is 2.39. The lowest BCUT2D eigenvalue weighted by Crippen LogP contribution is -2.44. The Bertz CT molecular complexity index is 1020. The fraction of sp³-hybridized carbons (Fsp3) is 0.524. The van der Waals surface area contributed by atoms with Gasteiger partial charge in [-0.25, -0.2) is 4.39 Å². The van der Waals surface area contributed by atoms with E-state index in [2.05, 4.69) is 15.3 Å². The molecule has 3 aliphatic heterocycles. The summed E-state index contributed by atoms with van der Waals surface area (Å²) in [5, 5.41) is 6.86. The molecule has 3 aliphatic rings. The Kier molecular flexibility index (Phi) is 5.32. The predicted molar refractivity (Wildman–Crippen MR) is 104 cm³/mol. The summed E-state index contributed by atoms with van der Waals surface area (Å²) >= 11 is 0. The summed E-state index contributed by atoms with van der Waals surface area (Å²) in [7, 11) is 0. The lowest BCUT2D eigenvalue weighted by atomic mass is 9.98. The molecular weight excluding hydrogens is 432 g/mol. The molecular formula is C21H22F4N4O3. The van der Waals surface area contributed by atoms with Crippen molar-refractivity contribution in [3.8, 4) is 5.75 Å². The summed E-state index contributed by atoms with van der Waals surface area (Å²) in [4.78, 5) is 15.0. The minimum absolute atomic E-state index is 0.0458. The molecule has 1 fully saturated rings. The molecule has 1 amide bonds. The number of ether oxygens (including phenoxy) is 2. The van der Waals surface area contributed by atoms with Crippen LogP contribution in [0.25, 0.3) is 0 Å². The first-order valence-corrected chi connectivity index (χ1v) is 10.5. The third-order valence-electron chi connectivity index (χ3n) is 6.20. The minimum Gasteiger partial charge on any atom is -0.491 e. The smallest absolute Gasteiger partial charge is 0.416 e. The quantitative estimate of drug-likeness (QED) is 0.723. The molecule has 4 heterocycles. The SMILES string of the molecule is O=C(NC1COc2ccc(C(F)(F)F)cc2C1F)c1cc2n(n1)CCN(C1CCOC1)C2. The molecule has 0 spiro atoms. The van der Waals surface area contributed by atoms with E-state index in [1.165, 1.54) is 0 Å². The molecule has 0 radical (unpaired) electrons. The Morgan fingerprint density at radius 1 is 1.19 bits per heavy atom. The normalized spacial score (nSPS) is 25.7. The van der Waals surface area contributed by atoms with Crippen molar-refractivity contribution in [2.75, 3.05) is 26.4 Å². The maximum Gasteiger partial charge on any atom is 0.416 e. The molecule has 172 valence electrons. The molecule has 7 nitrogen and oxygen atoms in total. The van der Waals surface area contributed by atoms with E-state index >= 15 is 4.39 Å². The zero-order valence-corrected chi connectivity index (χ0v) is 17.1. The minimum atomic E-state index is -4.60. The Morgan fingerprint density at radius 2 is 2.03 bits per heavy atom. The molecule has 11 heteroatoms. The summed E-state index contributed by atoms with van der Waals surface area (Å²) in [6.45, 7) is 3.32. The topological polar surface area (TPSA) is 68.6 Å². The summed E-state index contributed by atoms with van der Waals surface area (Å²) in [5.41, 5.74) is -0.167. The molecule has 1 saturated heterocycles. The van der Waals surface area contributed by atoms with Gasteiger partial charge >= 0.3 is 6.18 Å². The third kappa shape index (κ3) is 3.95. The van der Waals surface area contributed by atoms with Gasteiger partial charge in [0.2, 0.25) is 0 Å². The Balaban J connectivity index is 1.28. The maximum absolute atomic E-state index is 15.0. The summed E-state index contributed by atoms with van der Waals surface area (Å²) in [6.07, 6.45) is -5.46. The van der Waals surface area contributed by atoms with E-state index in [0.29, 0.717) is 25.7 Å². The van der Waals surface area contributed by atoms with Crippen LogP contribution >= 0.6 is 0 Å². The number of carbonyl (C=O) groups excluding carboxylic acids is 1. The highest BCUT2D eigenvalue weighted by Gasteiger charge is 2.37. The number of fused-ring (bicyclic) bond motifs is 2. The van der Waals surface area contributed by atoms with Crippen LogP contribution in [0.5, 0.6) is 5.75 Å². The molecule has 0 saturated carbocycles. The van der Waals surface area contributed by atoms with Crippen LogP contribution in [0.15, 0.2) is 24.3 Å². The van der Waals surface area contributed by atoms with E-state index < -0.39 is 29.9 Å². The van der Waals surface area contributed by atoms with Crippen LogP contribution in [-0.4, -0.2) is 59.0 Å². The molecule has 2 aromatic rings. The van der Waals surface area contributed by atoms with Gasteiger partial charge in [0.05, 0.1) is 30.5 Å². The lowest BCUT2D eigenvalue weighted by Gasteiger charge is -2.31. The van der Waals surface area contributed by atoms with Crippen LogP contribution < -0.4 is 10.1 Å². The third-order valence-corrected chi connectivity index (χ3v) is 6.20. The summed E-state index contributed by atoms with van der Waals surface area (Å²) in [6, 6.07) is 3.58. The average molecular weight is 454 g/mol. The molecule has 1 aromatic carbocycles. The fourth-order valence-electron chi connectivity index (χ4n) is 4.43. The van der Waals surface area contributed by atoms with E-state index in [1.54, 1.807) is 10.7 Å². The fourth-order valence-corrected chi connectivity index (χ4v) is 4.43. The molecule has 0 aliphatic carbocycles. The highest BCUT2D eigenvalue weighted by molar-refractivity contribution is 5.92. The van der Waals surface area contributed by atoms with Crippen molar-refractivity contribution >= 4 is 5.91 Å². The van der Waals surface area contributed by atoms with Gasteiger partial charge in [0.15, 0.2) is 11.9 Å². The number of nitrogens with one attached hydrogen (secondary N) is 1. The van der Waals surface area contributed by atoms with Crippen molar-refractivity contribution in [1.82, 2.24) is 20.0 Å². The zero-order valence-electron chi connectivity index (χ0n) is 17.1. The van der Waals surface area contributed by atoms with Gasteiger partial charge in [0, 0.05) is 31.3 Å². The Hall–Kier alpha value is -2.66. The number of aromatic nitrogens is 2. The van der Waals surface area contributed by atoms with Gasteiger partial charge in [-0.1, -0.05) is 0 Å². The second kappa shape index (κ2) is 8.04. The van der Waals surface area contributed by atoms with Crippen molar-refractivity contribution < 1.29 is 31.8 Å². The van der Waals surface area contributed by atoms with Crippen molar-refractivity contribution in [3.63, 3.8) is 0 Å². The number of halogens is 4.